The van der Waals surface area contributed by atoms with Crippen LogP contribution in [0.15, 0.2) is 42.5 Å². The minimum atomic E-state index is -1.26. The van der Waals surface area contributed by atoms with E-state index in [-0.39, 0.29) is 30.6 Å². The van der Waals surface area contributed by atoms with Crippen molar-refractivity contribution in [2.24, 2.45) is 5.73 Å². The Balaban J connectivity index is 0.00000456. The van der Waals surface area contributed by atoms with Crippen LogP contribution < -0.4 is 16.4 Å². The molecule has 1 saturated heterocycles. The highest BCUT2D eigenvalue weighted by atomic mass is 35.5. The molecule has 4 N–H and O–H groups in total. The lowest BCUT2D eigenvalue weighted by Crippen LogP contribution is -2.61. The summed E-state index contributed by atoms with van der Waals surface area (Å²) < 4.78 is 5.71. The summed E-state index contributed by atoms with van der Waals surface area (Å²) in [4.78, 5) is 42.1. The van der Waals surface area contributed by atoms with Gasteiger partial charge in [0.25, 0.3) is 5.91 Å². The summed E-state index contributed by atoms with van der Waals surface area (Å²) in [6, 6.07) is 12.4. The maximum atomic E-state index is 13.8. The van der Waals surface area contributed by atoms with Crippen molar-refractivity contribution in [3.05, 3.63) is 48.0 Å². The topological polar surface area (TPSA) is 114 Å². The molecular formula is C27H39ClN4O4. The van der Waals surface area contributed by atoms with Gasteiger partial charge >= 0.3 is 0 Å². The summed E-state index contributed by atoms with van der Waals surface area (Å²) in [5.41, 5.74) is 5.20. The molecule has 1 aliphatic rings. The van der Waals surface area contributed by atoms with Gasteiger partial charge in [-0.05, 0) is 69.5 Å². The van der Waals surface area contributed by atoms with Crippen LogP contribution in [-0.4, -0.2) is 66.5 Å². The fraction of sp³-hybridized carbons (Fsp3) is 0.519. The van der Waals surface area contributed by atoms with Gasteiger partial charge in [0.1, 0.15) is 11.6 Å². The summed E-state index contributed by atoms with van der Waals surface area (Å²) in [6.07, 6.45) is 2.26. The Morgan fingerprint density at radius 2 is 1.92 bits per heavy atom. The van der Waals surface area contributed by atoms with E-state index in [4.69, 9.17) is 10.5 Å². The Morgan fingerprint density at radius 1 is 1.19 bits per heavy atom. The zero-order chi connectivity index (χ0) is 25.4. The number of amides is 3. The molecule has 3 rings (SSSR count). The number of nitrogens with one attached hydrogen (secondary N) is 2. The average molecular weight is 519 g/mol. The zero-order valence-corrected chi connectivity index (χ0v) is 22.2. The van der Waals surface area contributed by atoms with E-state index in [1.54, 1.807) is 20.8 Å². The first-order chi connectivity index (χ1) is 16.8. The lowest BCUT2D eigenvalue weighted by Gasteiger charge is -2.36. The van der Waals surface area contributed by atoms with Crippen LogP contribution in [0.5, 0.6) is 0 Å². The van der Waals surface area contributed by atoms with E-state index in [2.05, 4.69) is 10.6 Å². The largest absolute Gasteiger partial charge is 0.366 e. The molecule has 0 unspecified atom stereocenters. The fourth-order valence-electron chi connectivity index (χ4n) is 4.49. The molecule has 198 valence electrons. The van der Waals surface area contributed by atoms with Crippen LogP contribution >= 0.6 is 12.4 Å². The summed E-state index contributed by atoms with van der Waals surface area (Å²) >= 11 is 0. The van der Waals surface area contributed by atoms with Crippen molar-refractivity contribution in [2.75, 3.05) is 26.2 Å². The van der Waals surface area contributed by atoms with Crippen LogP contribution in [0.1, 0.15) is 45.6 Å². The summed E-state index contributed by atoms with van der Waals surface area (Å²) in [6.45, 7) is 6.88. The number of rotatable bonds is 11. The number of benzene rings is 2. The van der Waals surface area contributed by atoms with Crippen LogP contribution in [0.25, 0.3) is 10.8 Å². The van der Waals surface area contributed by atoms with Gasteiger partial charge in [0.05, 0.1) is 6.04 Å². The fourth-order valence-corrected chi connectivity index (χ4v) is 4.49. The Hall–Kier alpha value is -2.52. The molecule has 2 aromatic carbocycles. The minimum Gasteiger partial charge on any atom is -0.366 e. The first-order valence-electron chi connectivity index (χ1n) is 12.5. The van der Waals surface area contributed by atoms with Crippen molar-refractivity contribution < 1.29 is 19.1 Å². The van der Waals surface area contributed by atoms with Gasteiger partial charge in [-0.25, -0.2) is 0 Å². The molecule has 0 aromatic heterocycles. The molecule has 9 heteroatoms. The van der Waals surface area contributed by atoms with E-state index in [9.17, 15) is 14.4 Å². The van der Waals surface area contributed by atoms with E-state index in [1.807, 2.05) is 42.5 Å². The van der Waals surface area contributed by atoms with Crippen LogP contribution in [0.3, 0.4) is 0 Å². The quantitative estimate of drug-likeness (QED) is 0.394. The van der Waals surface area contributed by atoms with Gasteiger partial charge in [0.15, 0.2) is 0 Å². The molecule has 0 bridgehead atoms. The van der Waals surface area contributed by atoms with E-state index in [0.717, 1.165) is 27.7 Å². The predicted octanol–water partition coefficient (Wildman–Crippen LogP) is 2.56. The molecule has 1 fully saturated rings. The molecule has 36 heavy (non-hydrogen) atoms. The third-order valence-electron chi connectivity index (χ3n) is 6.37. The third kappa shape index (κ3) is 7.26. The molecule has 0 aliphatic carbocycles. The summed E-state index contributed by atoms with van der Waals surface area (Å²) in [5, 5.41) is 8.17. The van der Waals surface area contributed by atoms with Gasteiger partial charge in [-0.1, -0.05) is 42.5 Å². The second-order valence-corrected chi connectivity index (χ2v) is 9.44. The van der Waals surface area contributed by atoms with Crippen molar-refractivity contribution in [3.63, 3.8) is 0 Å². The maximum absolute atomic E-state index is 13.8. The van der Waals surface area contributed by atoms with Crippen LogP contribution in [0, 0.1) is 0 Å². The molecule has 1 heterocycles. The average Bonchev–Trinajstić information content (AvgIpc) is 3.38. The lowest BCUT2D eigenvalue weighted by molar-refractivity contribution is -0.166. The molecule has 0 radical (unpaired) electrons. The monoisotopic (exact) mass is 518 g/mol. The second kappa shape index (κ2) is 13.7. The van der Waals surface area contributed by atoms with Crippen molar-refractivity contribution in [1.82, 2.24) is 15.5 Å². The standard InChI is InChI=1S/C27H38N4O4.ClH/c1-4-35-27(2,3)26(34)31(25(33)22-11-7-15-29-22)23(24(32)30-16-8-14-28)18-19-12-13-20-9-5-6-10-21(20)17-19;/h5-6,9-10,12-13,17,22-23,29H,4,7-8,11,14-16,18,28H2,1-3H3,(H,30,32);1H/t22-,23+;/m0./s1. The number of ether oxygens (including phenoxy) is 1. The number of hydrogen-bond donors (Lipinski definition) is 3. The van der Waals surface area contributed by atoms with Gasteiger partial charge in [-0.3, -0.25) is 19.3 Å². The second-order valence-electron chi connectivity index (χ2n) is 9.44. The van der Waals surface area contributed by atoms with Gasteiger partial charge in [0.2, 0.25) is 11.8 Å². The SMILES string of the molecule is CCOC(C)(C)C(=O)N(C(=O)[C@@H]1CCCN1)[C@H](Cc1ccc2ccccc2c1)C(=O)NCCCN.Cl. The van der Waals surface area contributed by atoms with Gasteiger partial charge in [-0.2, -0.15) is 0 Å². The number of halogens is 1. The molecule has 1 aliphatic heterocycles. The highest BCUT2D eigenvalue weighted by molar-refractivity contribution is 6.05. The number of imide groups is 1. The van der Waals surface area contributed by atoms with Crippen LogP contribution in [-0.2, 0) is 25.5 Å². The molecular weight excluding hydrogens is 480 g/mol. The van der Waals surface area contributed by atoms with Crippen molar-refractivity contribution in [2.45, 2.75) is 64.1 Å². The molecule has 3 amide bonds. The van der Waals surface area contributed by atoms with Crippen molar-refractivity contribution >= 4 is 40.9 Å². The van der Waals surface area contributed by atoms with E-state index < -0.39 is 23.6 Å². The summed E-state index contributed by atoms with van der Waals surface area (Å²) in [5.74, 6) is -1.28. The Labute approximate surface area is 219 Å². The number of carbonyl (C=O) groups is 3. The molecule has 2 aromatic rings. The molecule has 2 atom stereocenters. The smallest absolute Gasteiger partial charge is 0.261 e. The maximum Gasteiger partial charge on any atom is 0.261 e. The molecule has 0 saturated carbocycles. The number of hydrogen-bond acceptors (Lipinski definition) is 6. The van der Waals surface area contributed by atoms with Crippen LogP contribution in [0.2, 0.25) is 0 Å². The number of carbonyl (C=O) groups excluding carboxylic acids is 3. The zero-order valence-electron chi connectivity index (χ0n) is 21.4. The summed E-state index contributed by atoms with van der Waals surface area (Å²) in [7, 11) is 0. The van der Waals surface area contributed by atoms with Gasteiger partial charge in [0, 0.05) is 19.6 Å². The minimum absolute atomic E-state index is 0. The molecule has 8 nitrogen and oxygen atoms in total. The Bertz CT molecular complexity index is 1040. The van der Waals surface area contributed by atoms with E-state index >= 15 is 0 Å². The number of nitrogens with zero attached hydrogens (tertiary/aromatic N) is 1. The first-order valence-corrected chi connectivity index (χ1v) is 12.5. The number of fused-ring (bicyclic) bond motifs is 1. The van der Waals surface area contributed by atoms with Crippen molar-refractivity contribution in [3.8, 4) is 0 Å². The normalized spacial score (nSPS) is 16.3. The third-order valence-corrected chi connectivity index (χ3v) is 6.37. The predicted molar refractivity (Wildman–Crippen MR) is 144 cm³/mol. The van der Waals surface area contributed by atoms with Crippen molar-refractivity contribution in [1.29, 1.82) is 0 Å². The first kappa shape index (κ1) is 29.7. The van der Waals surface area contributed by atoms with Gasteiger partial charge < -0.3 is 21.1 Å². The highest BCUT2D eigenvalue weighted by Crippen LogP contribution is 2.23. The highest BCUT2D eigenvalue weighted by Gasteiger charge is 2.44. The Kier molecular flexibility index (Phi) is 11.3. The van der Waals surface area contributed by atoms with E-state index in [1.165, 1.54) is 0 Å². The van der Waals surface area contributed by atoms with Crippen LogP contribution in [0.4, 0.5) is 0 Å². The Morgan fingerprint density at radius 3 is 2.56 bits per heavy atom. The van der Waals surface area contributed by atoms with Gasteiger partial charge in [-0.15, -0.1) is 12.4 Å². The molecule has 0 spiro atoms. The number of nitrogens with two attached hydrogens (primary N) is 1. The lowest BCUT2D eigenvalue weighted by atomic mass is 9.97. The van der Waals surface area contributed by atoms with E-state index in [0.29, 0.717) is 39.1 Å².